The van der Waals surface area contributed by atoms with Gasteiger partial charge in [-0.3, -0.25) is 4.79 Å². The number of amides is 1. The van der Waals surface area contributed by atoms with E-state index in [0.717, 1.165) is 77.1 Å². The molecular weight excluding hydrogens is 605 g/mol. The maximum Gasteiger partial charge on any atom is 0.252 e. The summed E-state index contributed by atoms with van der Waals surface area (Å²) < 4.78 is 31.5. The molecule has 9 heteroatoms. The van der Waals surface area contributed by atoms with Gasteiger partial charge in [0, 0.05) is 37.3 Å². The molecule has 0 radical (unpaired) electrons. The van der Waals surface area contributed by atoms with Crippen molar-refractivity contribution in [1.29, 1.82) is 0 Å². The van der Waals surface area contributed by atoms with Gasteiger partial charge in [0.1, 0.15) is 11.5 Å². The zero-order chi connectivity index (χ0) is 32.2. The van der Waals surface area contributed by atoms with E-state index in [2.05, 4.69) is 40.7 Å². The van der Waals surface area contributed by atoms with Gasteiger partial charge in [0.2, 0.25) is 0 Å². The molecule has 2 fully saturated rings. The summed E-state index contributed by atoms with van der Waals surface area (Å²) >= 11 is 6.22. The fourth-order valence-corrected chi connectivity index (χ4v) is 6.70. The molecule has 3 aliphatic rings. The van der Waals surface area contributed by atoms with E-state index in [9.17, 15) is 9.18 Å². The number of hydrogen-bond acceptors (Lipinski definition) is 6. The average Bonchev–Trinajstić information content (AvgIpc) is 3.91. The minimum Gasteiger partial charge on any atom is -0.496 e. The molecule has 3 aromatic carbocycles. The number of halogens is 2. The first kappa shape index (κ1) is 32.4. The highest BCUT2D eigenvalue weighted by atomic mass is 35.5. The van der Waals surface area contributed by atoms with Crippen molar-refractivity contribution in [2.75, 3.05) is 33.4 Å². The lowest BCUT2D eigenvalue weighted by molar-refractivity contribution is -0.128. The SMILES string of the molecule is COc1cccc(CN(C(=O)C2=C(c3cccc(OCCCCOc4c(F)ccc(C)c4Cl)c3)CC3CNCC2N3)C2CC2)c1C. The molecular formula is C37H43ClFN3O4. The second-order valence-corrected chi connectivity index (χ2v) is 12.9. The van der Waals surface area contributed by atoms with Gasteiger partial charge in [-0.1, -0.05) is 41.9 Å². The number of carbonyl (C=O) groups excluding carboxylic acids is 1. The monoisotopic (exact) mass is 647 g/mol. The van der Waals surface area contributed by atoms with Crippen LogP contribution in [0, 0.1) is 19.7 Å². The van der Waals surface area contributed by atoms with E-state index >= 15 is 0 Å². The van der Waals surface area contributed by atoms with Crippen molar-refractivity contribution in [2.24, 2.45) is 0 Å². The average molecular weight is 648 g/mol. The van der Waals surface area contributed by atoms with Crippen LogP contribution in [0.15, 0.2) is 60.2 Å². The Kier molecular flexibility index (Phi) is 10.2. The van der Waals surface area contributed by atoms with Gasteiger partial charge in [-0.25, -0.2) is 4.39 Å². The van der Waals surface area contributed by atoms with E-state index < -0.39 is 5.82 Å². The van der Waals surface area contributed by atoms with Crippen LogP contribution >= 0.6 is 11.6 Å². The minimum absolute atomic E-state index is 0.0565. The van der Waals surface area contributed by atoms with Crippen LogP contribution in [0.25, 0.3) is 5.57 Å². The van der Waals surface area contributed by atoms with E-state index in [-0.39, 0.29) is 29.8 Å². The van der Waals surface area contributed by atoms with E-state index in [0.29, 0.717) is 37.7 Å². The van der Waals surface area contributed by atoms with E-state index in [4.69, 9.17) is 25.8 Å². The van der Waals surface area contributed by atoms with Crippen LogP contribution in [-0.2, 0) is 11.3 Å². The number of benzene rings is 3. The number of fused-ring (bicyclic) bond motifs is 2. The molecule has 2 heterocycles. The number of aryl methyl sites for hydroxylation is 1. The number of nitrogens with zero attached hydrogens (tertiary/aromatic N) is 1. The van der Waals surface area contributed by atoms with Gasteiger partial charge in [0.05, 0.1) is 31.4 Å². The molecule has 2 atom stereocenters. The van der Waals surface area contributed by atoms with Gasteiger partial charge in [-0.15, -0.1) is 0 Å². The zero-order valence-corrected chi connectivity index (χ0v) is 27.6. The maximum absolute atomic E-state index is 14.5. The highest BCUT2D eigenvalue weighted by molar-refractivity contribution is 6.32. The number of ether oxygens (including phenoxy) is 3. The van der Waals surface area contributed by atoms with Crippen molar-refractivity contribution in [3.8, 4) is 17.2 Å². The van der Waals surface area contributed by atoms with Crippen molar-refractivity contribution < 1.29 is 23.4 Å². The van der Waals surface area contributed by atoms with Crippen LogP contribution in [0.5, 0.6) is 17.2 Å². The van der Waals surface area contributed by atoms with E-state index in [1.54, 1.807) is 13.2 Å². The van der Waals surface area contributed by atoms with Crippen LogP contribution in [-0.4, -0.2) is 62.3 Å². The number of nitrogens with one attached hydrogen (secondary N) is 2. The van der Waals surface area contributed by atoms with Crippen molar-refractivity contribution >= 4 is 23.1 Å². The Morgan fingerprint density at radius 2 is 1.80 bits per heavy atom. The number of methoxy groups -OCH3 is 1. The maximum atomic E-state index is 14.5. The van der Waals surface area contributed by atoms with Gasteiger partial charge in [-0.2, -0.15) is 0 Å². The molecule has 2 aliphatic heterocycles. The Balaban J connectivity index is 1.16. The number of piperazine rings is 1. The lowest BCUT2D eigenvalue weighted by Crippen LogP contribution is -2.60. The lowest BCUT2D eigenvalue weighted by atomic mass is 9.83. The summed E-state index contributed by atoms with van der Waals surface area (Å²) in [4.78, 5) is 16.6. The molecule has 1 amide bonds. The Bertz CT molecular complexity index is 1610. The van der Waals surface area contributed by atoms with Crippen LogP contribution in [0.2, 0.25) is 5.02 Å². The third-order valence-electron chi connectivity index (χ3n) is 9.21. The first-order valence-corrected chi connectivity index (χ1v) is 16.7. The molecule has 3 aromatic rings. The molecule has 244 valence electrons. The summed E-state index contributed by atoms with van der Waals surface area (Å²) in [5.41, 5.74) is 5.94. The van der Waals surface area contributed by atoms with Crippen LogP contribution in [0.4, 0.5) is 4.39 Å². The second-order valence-electron chi connectivity index (χ2n) is 12.5. The normalized spacial score (nSPS) is 19.2. The molecule has 2 bridgehead atoms. The van der Waals surface area contributed by atoms with Crippen LogP contribution in [0.1, 0.15) is 54.4 Å². The zero-order valence-electron chi connectivity index (χ0n) is 26.8. The van der Waals surface area contributed by atoms with Crippen molar-refractivity contribution in [2.45, 2.75) is 70.6 Å². The third-order valence-corrected chi connectivity index (χ3v) is 9.68. The number of hydrogen-bond donors (Lipinski definition) is 2. The highest BCUT2D eigenvalue weighted by Crippen LogP contribution is 2.38. The molecule has 0 aromatic heterocycles. The van der Waals surface area contributed by atoms with Crippen molar-refractivity contribution in [3.63, 3.8) is 0 Å². The summed E-state index contributed by atoms with van der Waals surface area (Å²) in [7, 11) is 1.69. The van der Waals surface area contributed by atoms with Crippen LogP contribution < -0.4 is 24.8 Å². The fourth-order valence-electron chi connectivity index (χ4n) is 6.49. The summed E-state index contributed by atoms with van der Waals surface area (Å²) in [6, 6.07) is 17.6. The Morgan fingerprint density at radius 3 is 2.59 bits per heavy atom. The second kappa shape index (κ2) is 14.4. The van der Waals surface area contributed by atoms with Gasteiger partial charge in [0.25, 0.3) is 5.91 Å². The number of carbonyl (C=O) groups is 1. The topological polar surface area (TPSA) is 72.1 Å². The van der Waals surface area contributed by atoms with E-state index in [1.807, 2.05) is 31.2 Å². The summed E-state index contributed by atoms with van der Waals surface area (Å²) in [5, 5.41) is 7.56. The van der Waals surface area contributed by atoms with E-state index in [1.165, 1.54) is 6.07 Å². The first-order chi connectivity index (χ1) is 22.3. The molecule has 7 nitrogen and oxygen atoms in total. The van der Waals surface area contributed by atoms with Gasteiger partial charge in [-0.05, 0) is 98.0 Å². The number of rotatable bonds is 13. The molecule has 1 saturated heterocycles. The molecule has 2 N–H and O–H groups in total. The fraction of sp³-hybridized carbons (Fsp3) is 0.432. The molecule has 2 unspecified atom stereocenters. The van der Waals surface area contributed by atoms with Gasteiger partial charge >= 0.3 is 0 Å². The third kappa shape index (κ3) is 7.19. The van der Waals surface area contributed by atoms with Crippen molar-refractivity contribution in [3.05, 3.63) is 93.3 Å². The first-order valence-electron chi connectivity index (χ1n) is 16.3. The van der Waals surface area contributed by atoms with Crippen molar-refractivity contribution in [1.82, 2.24) is 15.5 Å². The predicted octanol–water partition coefficient (Wildman–Crippen LogP) is 6.62. The minimum atomic E-state index is -0.454. The van der Waals surface area contributed by atoms with Gasteiger partial charge in [0.15, 0.2) is 11.6 Å². The Morgan fingerprint density at radius 1 is 1.02 bits per heavy atom. The predicted molar refractivity (Wildman–Crippen MR) is 179 cm³/mol. The quantitative estimate of drug-likeness (QED) is 0.203. The lowest BCUT2D eigenvalue weighted by Gasteiger charge is -2.41. The molecule has 46 heavy (non-hydrogen) atoms. The van der Waals surface area contributed by atoms with Gasteiger partial charge < -0.3 is 29.7 Å². The smallest absolute Gasteiger partial charge is 0.252 e. The molecule has 0 spiro atoms. The van der Waals surface area contributed by atoms with Crippen LogP contribution in [0.3, 0.4) is 0 Å². The Labute approximate surface area is 276 Å². The summed E-state index contributed by atoms with van der Waals surface area (Å²) in [5.74, 6) is 1.36. The molecule has 1 saturated carbocycles. The Hall–Kier alpha value is -3.59. The summed E-state index contributed by atoms with van der Waals surface area (Å²) in [6.07, 6.45) is 4.25. The summed E-state index contributed by atoms with van der Waals surface area (Å²) in [6.45, 7) is 6.87. The number of unbranched alkanes of at least 4 members (excludes halogenated alkanes) is 1. The molecule has 1 aliphatic carbocycles. The standard InChI is InChI=1S/C37H43ClFN3O4/c1-23-12-15-31(39)36(35(23)38)46-17-5-4-16-45-29-10-6-8-25(18-29)30-19-27-20-40-21-32(41-27)34(30)37(43)42(28-13-14-28)22-26-9-7-11-33(44-3)24(26)2/h6-12,15,18,27-28,32,40-41H,4-5,13-14,16-17,19-22H2,1-3H3. The molecule has 6 rings (SSSR count). The highest BCUT2D eigenvalue weighted by Gasteiger charge is 2.41. The largest absolute Gasteiger partial charge is 0.496 e.